The number of nitriles is 1. The third kappa shape index (κ3) is 2.38. The number of benzene rings is 1. The van der Waals surface area contributed by atoms with Gasteiger partial charge in [-0.15, -0.1) is 5.10 Å². The zero-order valence-electron chi connectivity index (χ0n) is 10.5. The molecule has 1 aromatic carbocycles. The first-order chi connectivity index (χ1) is 9.78. The quantitative estimate of drug-likeness (QED) is 0.925. The SMILES string of the molecule is N#Cc1ccc(N2CC[C@H](Sc3cn[nH]n3)C2=O)cc1. The Kier molecular flexibility index (Phi) is 3.39. The molecule has 0 unspecified atom stereocenters. The smallest absolute Gasteiger partial charge is 0.240 e. The van der Waals surface area contributed by atoms with Gasteiger partial charge in [-0.2, -0.15) is 15.6 Å². The first kappa shape index (κ1) is 12.7. The Morgan fingerprint density at radius 1 is 1.40 bits per heavy atom. The molecule has 1 aliphatic heterocycles. The third-order valence-electron chi connectivity index (χ3n) is 3.12. The molecule has 0 spiro atoms. The lowest BCUT2D eigenvalue weighted by molar-refractivity contribution is -0.116. The minimum atomic E-state index is -0.129. The van der Waals surface area contributed by atoms with Crippen molar-refractivity contribution >= 4 is 23.4 Å². The van der Waals surface area contributed by atoms with Crippen molar-refractivity contribution in [2.24, 2.45) is 0 Å². The summed E-state index contributed by atoms with van der Waals surface area (Å²) in [4.78, 5) is 14.1. The van der Waals surface area contributed by atoms with Gasteiger partial charge in [0.2, 0.25) is 5.91 Å². The molecule has 0 radical (unpaired) electrons. The van der Waals surface area contributed by atoms with Gasteiger partial charge in [0.25, 0.3) is 0 Å². The topological polar surface area (TPSA) is 85.7 Å². The molecule has 1 aromatic heterocycles. The lowest BCUT2D eigenvalue weighted by atomic mass is 10.2. The second kappa shape index (κ2) is 5.35. The number of rotatable bonds is 3. The fraction of sp³-hybridized carbons (Fsp3) is 0.231. The Bertz CT molecular complexity index is 646. The molecule has 6 nitrogen and oxygen atoms in total. The average Bonchev–Trinajstić information content (AvgIpc) is 3.11. The predicted octanol–water partition coefficient (Wildman–Crippen LogP) is 1.57. The van der Waals surface area contributed by atoms with E-state index in [1.165, 1.54) is 11.8 Å². The maximum Gasteiger partial charge on any atom is 0.240 e. The van der Waals surface area contributed by atoms with Gasteiger partial charge in [-0.3, -0.25) is 4.79 Å². The van der Waals surface area contributed by atoms with Crippen LogP contribution in [0, 0.1) is 11.3 Å². The normalized spacial score (nSPS) is 18.2. The molecule has 0 saturated carbocycles. The van der Waals surface area contributed by atoms with E-state index in [0.29, 0.717) is 12.1 Å². The first-order valence-electron chi connectivity index (χ1n) is 6.12. The number of carbonyl (C=O) groups excluding carboxylic acids is 1. The summed E-state index contributed by atoms with van der Waals surface area (Å²) in [5.41, 5.74) is 1.42. The van der Waals surface area contributed by atoms with Crippen LogP contribution in [0.2, 0.25) is 0 Å². The third-order valence-corrected chi connectivity index (χ3v) is 4.28. The number of anilines is 1. The zero-order chi connectivity index (χ0) is 13.9. The molecule has 7 heteroatoms. The lowest BCUT2D eigenvalue weighted by Gasteiger charge is -2.16. The van der Waals surface area contributed by atoms with Gasteiger partial charge in [-0.25, -0.2) is 0 Å². The van der Waals surface area contributed by atoms with Crippen molar-refractivity contribution < 1.29 is 4.79 Å². The fourth-order valence-electron chi connectivity index (χ4n) is 2.13. The van der Waals surface area contributed by atoms with Crippen LogP contribution in [0.3, 0.4) is 0 Å². The van der Waals surface area contributed by atoms with Gasteiger partial charge in [0.1, 0.15) is 5.03 Å². The summed E-state index contributed by atoms with van der Waals surface area (Å²) in [6.07, 6.45) is 2.39. The summed E-state index contributed by atoms with van der Waals surface area (Å²) >= 11 is 1.42. The van der Waals surface area contributed by atoms with Crippen LogP contribution in [0.4, 0.5) is 5.69 Å². The highest BCUT2D eigenvalue weighted by molar-refractivity contribution is 8.00. The van der Waals surface area contributed by atoms with Crippen molar-refractivity contribution in [3.8, 4) is 6.07 Å². The molecule has 0 bridgehead atoms. The van der Waals surface area contributed by atoms with Crippen molar-refractivity contribution in [2.75, 3.05) is 11.4 Å². The lowest BCUT2D eigenvalue weighted by Crippen LogP contribution is -2.27. The van der Waals surface area contributed by atoms with E-state index in [2.05, 4.69) is 21.5 Å². The molecule has 1 atom stereocenters. The summed E-state index contributed by atoms with van der Waals surface area (Å²) in [6.45, 7) is 0.681. The molecule has 2 aromatic rings. The maximum atomic E-state index is 12.4. The Hall–Kier alpha value is -2.33. The largest absolute Gasteiger partial charge is 0.311 e. The molecule has 1 amide bonds. The molecule has 1 saturated heterocycles. The highest BCUT2D eigenvalue weighted by Gasteiger charge is 2.33. The Labute approximate surface area is 119 Å². The van der Waals surface area contributed by atoms with Crippen LogP contribution in [-0.4, -0.2) is 33.1 Å². The molecule has 2 heterocycles. The summed E-state index contributed by atoms with van der Waals surface area (Å²) < 4.78 is 0. The van der Waals surface area contributed by atoms with Crippen LogP contribution >= 0.6 is 11.8 Å². The number of hydrogen-bond donors (Lipinski definition) is 1. The van der Waals surface area contributed by atoms with Crippen molar-refractivity contribution in [3.63, 3.8) is 0 Å². The second-order valence-corrected chi connectivity index (χ2v) is 5.57. The van der Waals surface area contributed by atoms with Crippen LogP contribution in [0.1, 0.15) is 12.0 Å². The Morgan fingerprint density at radius 3 is 2.85 bits per heavy atom. The van der Waals surface area contributed by atoms with Gasteiger partial charge in [0.15, 0.2) is 0 Å². The molecular formula is C13H11N5OS. The van der Waals surface area contributed by atoms with E-state index in [1.807, 2.05) is 0 Å². The van der Waals surface area contributed by atoms with Crippen molar-refractivity contribution in [3.05, 3.63) is 36.0 Å². The molecule has 1 fully saturated rings. The van der Waals surface area contributed by atoms with E-state index in [0.717, 1.165) is 17.1 Å². The Balaban J connectivity index is 1.73. The maximum absolute atomic E-state index is 12.4. The van der Waals surface area contributed by atoms with Gasteiger partial charge in [-0.05, 0) is 30.7 Å². The van der Waals surface area contributed by atoms with Crippen molar-refractivity contribution in [2.45, 2.75) is 16.7 Å². The molecule has 0 aliphatic carbocycles. The molecule has 1 aliphatic rings. The number of thioether (sulfide) groups is 1. The van der Waals surface area contributed by atoms with Gasteiger partial charge in [0, 0.05) is 12.2 Å². The van der Waals surface area contributed by atoms with Crippen LogP contribution in [0.15, 0.2) is 35.5 Å². The number of H-pyrrole nitrogens is 1. The molecular weight excluding hydrogens is 274 g/mol. The highest BCUT2D eigenvalue weighted by atomic mass is 32.2. The van der Waals surface area contributed by atoms with Crippen LogP contribution < -0.4 is 4.90 Å². The standard InChI is InChI=1S/C13H11N5OS/c14-7-9-1-3-10(4-2-9)18-6-5-11(13(18)19)20-12-8-15-17-16-12/h1-4,8,11H,5-6H2,(H,15,16,17)/t11-/m0/s1. The van der Waals surface area contributed by atoms with Crippen molar-refractivity contribution in [1.82, 2.24) is 15.4 Å². The minimum absolute atomic E-state index is 0.0720. The van der Waals surface area contributed by atoms with Crippen molar-refractivity contribution in [1.29, 1.82) is 5.26 Å². The van der Waals surface area contributed by atoms with E-state index in [-0.39, 0.29) is 11.2 Å². The second-order valence-electron chi connectivity index (χ2n) is 4.35. The molecule has 1 N–H and O–H groups in total. The van der Waals surface area contributed by atoms with E-state index in [4.69, 9.17) is 5.26 Å². The summed E-state index contributed by atoms with van der Waals surface area (Å²) in [7, 11) is 0. The zero-order valence-corrected chi connectivity index (χ0v) is 11.3. The summed E-state index contributed by atoms with van der Waals surface area (Å²) in [5.74, 6) is 0.0720. The van der Waals surface area contributed by atoms with E-state index in [1.54, 1.807) is 35.4 Å². The van der Waals surface area contributed by atoms with Crippen LogP contribution in [0.5, 0.6) is 0 Å². The monoisotopic (exact) mass is 285 g/mol. The Morgan fingerprint density at radius 2 is 2.20 bits per heavy atom. The first-order valence-corrected chi connectivity index (χ1v) is 7.00. The number of carbonyl (C=O) groups is 1. The average molecular weight is 285 g/mol. The molecule has 100 valence electrons. The minimum Gasteiger partial charge on any atom is -0.311 e. The van der Waals surface area contributed by atoms with E-state index < -0.39 is 0 Å². The van der Waals surface area contributed by atoms with E-state index in [9.17, 15) is 4.79 Å². The molecule has 20 heavy (non-hydrogen) atoms. The van der Waals surface area contributed by atoms with Gasteiger partial charge < -0.3 is 4.90 Å². The van der Waals surface area contributed by atoms with E-state index >= 15 is 0 Å². The predicted molar refractivity (Wildman–Crippen MR) is 74.2 cm³/mol. The van der Waals surface area contributed by atoms with Gasteiger partial charge in [-0.1, -0.05) is 11.8 Å². The van der Waals surface area contributed by atoms with Gasteiger partial charge >= 0.3 is 0 Å². The number of amides is 1. The summed E-state index contributed by atoms with van der Waals surface area (Å²) in [6, 6.07) is 9.12. The number of hydrogen-bond acceptors (Lipinski definition) is 5. The number of nitrogens with one attached hydrogen (secondary N) is 1. The number of aromatic amines is 1. The highest BCUT2D eigenvalue weighted by Crippen LogP contribution is 2.31. The molecule has 3 rings (SSSR count). The number of aromatic nitrogens is 3. The van der Waals surface area contributed by atoms with Crippen LogP contribution in [-0.2, 0) is 4.79 Å². The van der Waals surface area contributed by atoms with Gasteiger partial charge in [0.05, 0.1) is 23.1 Å². The van der Waals surface area contributed by atoms with Crippen LogP contribution in [0.25, 0.3) is 0 Å². The fourth-order valence-corrected chi connectivity index (χ4v) is 3.08. The number of nitrogens with zero attached hydrogens (tertiary/aromatic N) is 4. The summed E-state index contributed by atoms with van der Waals surface area (Å²) in [5, 5.41) is 19.6.